The molecule has 0 fully saturated rings. The van der Waals surface area contributed by atoms with E-state index >= 15 is 0 Å². The van der Waals surface area contributed by atoms with Gasteiger partial charge in [-0.15, -0.1) is 0 Å². The third kappa shape index (κ3) is 2.29. The van der Waals surface area contributed by atoms with Crippen molar-refractivity contribution in [2.75, 3.05) is 21.0 Å². The number of ketones is 1. The molecule has 0 unspecified atom stereocenters. The van der Waals surface area contributed by atoms with E-state index in [2.05, 4.69) is 0 Å². The van der Waals surface area contributed by atoms with Crippen LogP contribution in [0.2, 0.25) is 0 Å². The Balaban J connectivity index is 1.71. The number of allylic oxidation sites excluding steroid dienone is 1. The fourth-order valence-electron chi connectivity index (χ4n) is 3.04. The average molecular weight is 324 g/mol. The van der Waals surface area contributed by atoms with E-state index in [1.54, 1.807) is 26.4 Å². The van der Waals surface area contributed by atoms with E-state index in [-0.39, 0.29) is 12.6 Å². The minimum atomic E-state index is 0.0150. The maximum Gasteiger partial charge on any atom is 0.231 e. The Morgan fingerprint density at radius 1 is 1.04 bits per heavy atom. The SMILES string of the molecule is COc1ccc(/C=C2\Cc3cc4c(cc3C2=O)OCO4)c(OC)c1. The second-order valence-corrected chi connectivity index (χ2v) is 5.65. The largest absolute Gasteiger partial charge is 0.497 e. The molecule has 0 aromatic heterocycles. The van der Waals surface area contributed by atoms with Gasteiger partial charge in [-0.05, 0) is 35.9 Å². The molecule has 122 valence electrons. The normalized spacial score (nSPS) is 16.4. The van der Waals surface area contributed by atoms with Crippen LogP contribution in [-0.2, 0) is 6.42 Å². The zero-order valence-electron chi connectivity index (χ0n) is 13.4. The Hall–Kier alpha value is -2.95. The number of methoxy groups -OCH3 is 2. The van der Waals surface area contributed by atoms with Gasteiger partial charge in [-0.25, -0.2) is 0 Å². The van der Waals surface area contributed by atoms with Gasteiger partial charge in [0.15, 0.2) is 17.3 Å². The van der Waals surface area contributed by atoms with Crippen LogP contribution in [-0.4, -0.2) is 26.8 Å². The summed E-state index contributed by atoms with van der Waals surface area (Å²) in [4.78, 5) is 12.7. The van der Waals surface area contributed by atoms with Gasteiger partial charge < -0.3 is 18.9 Å². The lowest BCUT2D eigenvalue weighted by Gasteiger charge is -2.08. The molecule has 1 heterocycles. The molecule has 0 saturated heterocycles. The van der Waals surface area contributed by atoms with Crippen LogP contribution >= 0.6 is 0 Å². The van der Waals surface area contributed by atoms with Crippen molar-refractivity contribution in [2.45, 2.75) is 6.42 Å². The summed E-state index contributed by atoms with van der Waals surface area (Å²) in [6, 6.07) is 9.19. The lowest BCUT2D eigenvalue weighted by atomic mass is 10.1. The number of rotatable bonds is 3. The molecular weight excluding hydrogens is 308 g/mol. The summed E-state index contributed by atoms with van der Waals surface area (Å²) in [5, 5.41) is 0. The van der Waals surface area contributed by atoms with Crippen LogP contribution in [0.5, 0.6) is 23.0 Å². The second-order valence-electron chi connectivity index (χ2n) is 5.65. The monoisotopic (exact) mass is 324 g/mol. The number of hydrogen-bond acceptors (Lipinski definition) is 5. The topological polar surface area (TPSA) is 54.0 Å². The molecular formula is C19H16O5. The first kappa shape index (κ1) is 14.6. The van der Waals surface area contributed by atoms with Crippen molar-refractivity contribution in [1.29, 1.82) is 0 Å². The molecule has 0 spiro atoms. The molecule has 0 bridgehead atoms. The van der Waals surface area contributed by atoms with Gasteiger partial charge >= 0.3 is 0 Å². The maximum atomic E-state index is 12.7. The molecule has 1 aliphatic carbocycles. The maximum absolute atomic E-state index is 12.7. The average Bonchev–Trinajstić information content (AvgIpc) is 3.18. The summed E-state index contributed by atoms with van der Waals surface area (Å²) >= 11 is 0. The first-order valence-corrected chi connectivity index (χ1v) is 7.59. The number of carbonyl (C=O) groups excluding carboxylic acids is 1. The van der Waals surface area contributed by atoms with Crippen LogP contribution in [0.4, 0.5) is 0 Å². The number of carbonyl (C=O) groups is 1. The molecule has 2 aromatic rings. The van der Waals surface area contributed by atoms with Crippen molar-refractivity contribution in [3.63, 3.8) is 0 Å². The summed E-state index contributed by atoms with van der Waals surface area (Å²) < 4.78 is 21.3. The van der Waals surface area contributed by atoms with Gasteiger partial charge in [0.25, 0.3) is 0 Å². The molecule has 5 nitrogen and oxygen atoms in total. The highest BCUT2D eigenvalue weighted by Crippen LogP contribution is 2.40. The predicted molar refractivity (Wildman–Crippen MR) is 88.1 cm³/mol. The lowest BCUT2D eigenvalue weighted by Crippen LogP contribution is -1.97. The molecule has 4 rings (SSSR count). The fraction of sp³-hybridized carbons (Fsp3) is 0.211. The highest BCUT2D eigenvalue weighted by Gasteiger charge is 2.29. The van der Waals surface area contributed by atoms with Crippen molar-refractivity contribution in [3.8, 4) is 23.0 Å². The van der Waals surface area contributed by atoms with E-state index in [1.807, 2.05) is 24.3 Å². The zero-order chi connectivity index (χ0) is 16.7. The van der Waals surface area contributed by atoms with Crippen molar-refractivity contribution in [3.05, 3.63) is 52.6 Å². The van der Waals surface area contributed by atoms with Gasteiger partial charge in [-0.3, -0.25) is 4.79 Å². The molecule has 24 heavy (non-hydrogen) atoms. The summed E-state index contributed by atoms with van der Waals surface area (Å²) in [7, 11) is 3.20. The fourth-order valence-corrected chi connectivity index (χ4v) is 3.04. The van der Waals surface area contributed by atoms with Gasteiger partial charge in [0.2, 0.25) is 6.79 Å². The summed E-state index contributed by atoms with van der Waals surface area (Å²) in [5.74, 6) is 2.72. The molecule has 5 heteroatoms. The Labute approximate surface area is 139 Å². The first-order valence-electron chi connectivity index (χ1n) is 7.59. The quantitative estimate of drug-likeness (QED) is 0.811. The van der Waals surface area contributed by atoms with Crippen LogP contribution in [0.15, 0.2) is 35.9 Å². The smallest absolute Gasteiger partial charge is 0.231 e. The molecule has 0 atom stereocenters. The van der Waals surface area contributed by atoms with Crippen LogP contribution in [0, 0.1) is 0 Å². The minimum Gasteiger partial charge on any atom is -0.497 e. The van der Waals surface area contributed by atoms with E-state index < -0.39 is 0 Å². The van der Waals surface area contributed by atoms with E-state index in [0.717, 1.165) is 16.7 Å². The predicted octanol–water partition coefficient (Wildman–Crippen LogP) is 3.25. The first-order chi connectivity index (χ1) is 11.7. The van der Waals surface area contributed by atoms with E-state index in [1.165, 1.54) is 0 Å². The van der Waals surface area contributed by atoms with Gasteiger partial charge in [-0.2, -0.15) is 0 Å². The van der Waals surface area contributed by atoms with Gasteiger partial charge in [0.1, 0.15) is 11.5 Å². The highest BCUT2D eigenvalue weighted by molar-refractivity contribution is 6.16. The molecule has 2 aromatic carbocycles. The number of benzene rings is 2. The van der Waals surface area contributed by atoms with Crippen molar-refractivity contribution in [2.24, 2.45) is 0 Å². The van der Waals surface area contributed by atoms with Crippen molar-refractivity contribution >= 4 is 11.9 Å². The molecule has 0 saturated carbocycles. The Morgan fingerprint density at radius 3 is 2.58 bits per heavy atom. The molecule has 0 N–H and O–H groups in total. The summed E-state index contributed by atoms with van der Waals surface area (Å²) in [6.07, 6.45) is 2.44. The van der Waals surface area contributed by atoms with Gasteiger partial charge in [-0.1, -0.05) is 0 Å². The van der Waals surface area contributed by atoms with Crippen LogP contribution < -0.4 is 18.9 Å². The third-order valence-corrected chi connectivity index (χ3v) is 4.29. The van der Waals surface area contributed by atoms with Crippen molar-refractivity contribution < 1.29 is 23.7 Å². The molecule has 1 aliphatic heterocycles. The minimum absolute atomic E-state index is 0.0150. The molecule has 2 aliphatic rings. The molecule has 0 radical (unpaired) electrons. The van der Waals surface area contributed by atoms with Crippen LogP contribution in [0.3, 0.4) is 0 Å². The van der Waals surface area contributed by atoms with E-state index in [4.69, 9.17) is 18.9 Å². The van der Waals surface area contributed by atoms with E-state index in [9.17, 15) is 4.79 Å². The lowest BCUT2D eigenvalue weighted by molar-refractivity contribution is 0.104. The van der Waals surface area contributed by atoms with Crippen LogP contribution in [0.25, 0.3) is 6.08 Å². The van der Waals surface area contributed by atoms with Crippen LogP contribution in [0.1, 0.15) is 21.5 Å². The number of hydrogen-bond donors (Lipinski definition) is 0. The zero-order valence-corrected chi connectivity index (χ0v) is 13.4. The highest BCUT2D eigenvalue weighted by atomic mass is 16.7. The number of fused-ring (bicyclic) bond motifs is 2. The number of ether oxygens (including phenoxy) is 4. The Bertz CT molecular complexity index is 866. The third-order valence-electron chi connectivity index (χ3n) is 4.29. The second kappa shape index (κ2) is 5.60. The van der Waals surface area contributed by atoms with E-state index in [0.29, 0.717) is 35.0 Å². The van der Waals surface area contributed by atoms with Crippen molar-refractivity contribution in [1.82, 2.24) is 0 Å². The summed E-state index contributed by atoms with van der Waals surface area (Å²) in [6.45, 7) is 0.207. The Kier molecular flexibility index (Phi) is 3.41. The number of Topliss-reactive ketones (excluding diaryl/α,β-unsaturated/α-hetero) is 1. The summed E-state index contributed by atoms with van der Waals surface area (Å²) in [5.41, 5.74) is 3.20. The standard InChI is InChI=1S/C19H16O5/c1-21-14-4-3-11(16(8-14)22-2)5-13-6-12-7-17-18(24-10-23-17)9-15(12)19(13)20/h3-5,7-9H,6,10H2,1-2H3/b13-5+. The van der Waals surface area contributed by atoms with Gasteiger partial charge in [0.05, 0.1) is 14.2 Å². The van der Waals surface area contributed by atoms with Gasteiger partial charge in [0, 0.05) is 29.2 Å². The molecule has 0 amide bonds. The Morgan fingerprint density at radius 2 is 1.83 bits per heavy atom.